The first-order chi connectivity index (χ1) is 7.77. The molecule has 16 heavy (non-hydrogen) atoms. The Morgan fingerprint density at radius 1 is 1.06 bits per heavy atom. The highest BCUT2D eigenvalue weighted by molar-refractivity contribution is 4.98. The third kappa shape index (κ3) is 2.01. The highest BCUT2D eigenvalue weighted by Gasteiger charge is 2.43. The van der Waals surface area contributed by atoms with Crippen LogP contribution in [0.5, 0.6) is 0 Å². The number of likely N-dealkylation sites (tertiary alicyclic amines) is 2. The molecule has 0 aromatic carbocycles. The molecule has 3 heteroatoms. The van der Waals surface area contributed by atoms with Crippen molar-refractivity contribution >= 4 is 0 Å². The van der Waals surface area contributed by atoms with Crippen LogP contribution in [0.2, 0.25) is 0 Å². The summed E-state index contributed by atoms with van der Waals surface area (Å²) in [6.45, 7) is 7.89. The Morgan fingerprint density at radius 3 is 2.25 bits per heavy atom. The second-order valence-corrected chi connectivity index (χ2v) is 6.19. The largest absolute Gasteiger partial charge is 0.317 e. The lowest BCUT2D eigenvalue weighted by atomic mass is 9.72. The lowest BCUT2D eigenvalue weighted by molar-refractivity contribution is -0.0424. The molecule has 0 radical (unpaired) electrons. The number of piperidine rings is 2. The van der Waals surface area contributed by atoms with Gasteiger partial charge in [0.15, 0.2) is 0 Å². The molecule has 1 N–H and O–H groups in total. The number of hydrogen-bond donors (Lipinski definition) is 1. The van der Waals surface area contributed by atoms with Crippen LogP contribution >= 0.6 is 0 Å². The summed E-state index contributed by atoms with van der Waals surface area (Å²) in [4.78, 5) is 5.24. The number of hydrogen-bond acceptors (Lipinski definition) is 3. The van der Waals surface area contributed by atoms with Crippen LogP contribution in [-0.4, -0.2) is 62.2 Å². The van der Waals surface area contributed by atoms with Crippen molar-refractivity contribution in [2.24, 2.45) is 5.41 Å². The van der Waals surface area contributed by atoms with Crippen LogP contribution in [-0.2, 0) is 0 Å². The predicted molar refractivity (Wildman–Crippen MR) is 66.6 cm³/mol. The quantitative estimate of drug-likeness (QED) is 0.708. The molecule has 0 bridgehead atoms. The maximum atomic E-state index is 3.46. The molecule has 3 fully saturated rings. The van der Waals surface area contributed by atoms with Crippen LogP contribution < -0.4 is 5.32 Å². The Kier molecular flexibility index (Phi) is 2.94. The second kappa shape index (κ2) is 4.28. The van der Waals surface area contributed by atoms with Crippen LogP contribution in [0.3, 0.4) is 0 Å². The molecule has 3 aliphatic rings. The summed E-state index contributed by atoms with van der Waals surface area (Å²) in [5, 5.41) is 3.46. The fourth-order valence-electron chi connectivity index (χ4n) is 3.95. The third-order valence-electron chi connectivity index (χ3n) is 4.89. The van der Waals surface area contributed by atoms with Gasteiger partial charge >= 0.3 is 0 Å². The van der Waals surface area contributed by atoms with Gasteiger partial charge in [-0.15, -0.1) is 0 Å². The average molecular weight is 223 g/mol. The Labute approximate surface area is 99.2 Å². The fraction of sp³-hybridized carbons (Fsp3) is 1.00. The van der Waals surface area contributed by atoms with E-state index in [1.54, 1.807) is 0 Å². The van der Waals surface area contributed by atoms with E-state index < -0.39 is 0 Å². The molecule has 3 saturated heterocycles. The summed E-state index contributed by atoms with van der Waals surface area (Å²) in [6.07, 6.45) is 5.63. The van der Waals surface area contributed by atoms with E-state index in [9.17, 15) is 0 Å². The molecule has 0 aromatic heterocycles. The molecule has 3 heterocycles. The zero-order valence-corrected chi connectivity index (χ0v) is 10.5. The molecule has 3 nitrogen and oxygen atoms in total. The molecule has 92 valence electrons. The standard InChI is InChI=1S/C13H25N3/c1-15-10-13(11-15)4-8-16(9-5-13)12-2-6-14-7-3-12/h12,14H,2-11H2,1H3. The minimum Gasteiger partial charge on any atom is -0.317 e. The Morgan fingerprint density at radius 2 is 1.69 bits per heavy atom. The molecule has 0 unspecified atom stereocenters. The summed E-state index contributed by atoms with van der Waals surface area (Å²) in [7, 11) is 2.25. The molecular weight excluding hydrogens is 198 g/mol. The van der Waals surface area contributed by atoms with Gasteiger partial charge < -0.3 is 15.1 Å². The van der Waals surface area contributed by atoms with E-state index in [0.717, 1.165) is 11.5 Å². The first-order valence-corrected chi connectivity index (χ1v) is 6.91. The molecule has 0 aromatic rings. The van der Waals surface area contributed by atoms with E-state index in [-0.39, 0.29) is 0 Å². The van der Waals surface area contributed by atoms with Gasteiger partial charge in [-0.1, -0.05) is 0 Å². The fourth-order valence-corrected chi connectivity index (χ4v) is 3.95. The lowest BCUT2D eigenvalue weighted by Crippen LogP contribution is -2.60. The normalized spacial score (nSPS) is 32.8. The monoisotopic (exact) mass is 223 g/mol. The van der Waals surface area contributed by atoms with Crippen molar-refractivity contribution in [3.05, 3.63) is 0 Å². The Bertz CT molecular complexity index is 232. The van der Waals surface area contributed by atoms with Gasteiger partial charge in [-0.05, 0) is 64.3 Å². The average Bonchev–Trinajstić information content (AvgIpc) is 2.29. The van der Waals surface area contributed by atoms with E-state index in [2.05, 4.69) is 22.2 Å². The number of nitrogens with one attached hydrogen (secondary N) is 1. The van der Waals surface area contributed by atoms with Crippen molar-refractivity contribution < 1.29 is 0 Å². The minimum atomic E-state index is 0.720. The first-order valence-electron chi connectivity index (χ1n) is 6.91. The zero-order valence-electron chi connectivity index (χ0n) is 10.5. The summed E-state index contributed by atoms with van der Waals surface area (Å²) in [5.74, 6) is 0. The van der Waals surface area contributed by atoms with Crippen molar-refractivity contribution in [1.29, 1.82) is 0 Å². The SMILES string of the molecule is CN1CC2(CCN(C3CCNCC3)CC2)C1. The molecule has 0 atom stereocenters. The topological polar surface area (TPSA) is 18.5 Å². The smallest absolute Gasteiger partial charge is 0.0119 e. The zero-order chi connectivity index (χ0) is 11.0. The van der Waals surface area contributed by atoms with E-state index in [4.69, 9.17) is 0 Å². The minimum absolute atomic E-state index is 0.720. The van der Waals surface area contributed by atoms with Crippen LogP contribution in [0.4, 0.5) is 0 Å². The molecule has 0 aliphatic carbocycles. The van der Waals surface area contributed by atoms with Crippen LogP contribution in [0.25, 0.3) is 0 Å². The summed E-state index contributed by atoms with van der Waals surface area (Å²) >= 11 is 0. The highest BCUT2D eigenvalue weighted by Crippen LogP contribution is 2.40. The maximum Gasteiger partial charge on any atom is 0.0119 e. The van der Waals surface area contributed by atoms with Crippen molar-refractivity contribution in [2.75, 3.05) is 46.3 Å². The summed E-state index contributed by atoms with van der Waals surface area (Å²) in [6, 6.07) is 0.886. The van der Waals surface area contributed by atoms with Crippen molar-refractivity contribution in [2.45, 2.75) is 31.7 Å². The third-order valence-corrected chi connectivity index (χ3v) is 4.89. The second-order valence-electron chi connectivity index (χ2n) is 6.19. The molecular formula is C13H25N3. The van der Waals surface area contributed by atoms with Gasteiger partial charge in [-0.25, -0.2) is 0 Å². The predicted octanol–water partition coefficient (Wildman–Crippen LogP) is 0.766. The Hall–Kier alpha value is -0.120. The maximum absolute atomic E-state index is 3.46. The summed E-state index contributed by atoms with van der Waals surface area (Å²) in [5.41, 5.74) is 0.720. The molecule has 1 spiro atoms. The van der Waals surface area contributed by atoms with Gasteiger partial charge in [0.2, 0.25) is 0 Å². The van der Waals surface area contributed by atoms with Gasteiger partial charge in [0.05, 0.1) is 0 Å². The van der Waals surface area contributed by atoms with Crippen LogP contribution in [0.1, 0.15) is 25.7 Å². The van der Waals surface area contributed by atoms with E-state index in [1.807, 2.05) is 0 Å². The van der Waals surface area contributed by atoms with Crippen LogP contribution in [0, 0.1) is 5.41 Å². The van der Waals surface area contributed by atoms with E-state index in [1.165, 1.54) is 65.0 Å². The van der Waals surface area contributed by atoms with E-state index in [0.29, 0.717) is 0 Å². The lowest BCUT2D eigenvalue weighted by Gasteiger charge is -2.54. The van der Waals surface area contributed by atoms with Crippen molar-refractivity contribution in [1.82, 2.24) is 15.1 Å². The molecule has 3 rings (SSSR count). The van der Waals surface area contributed by atoms with Gasteiger partial charge in [-0.3, -0.25) is 0 Å². The van der Waals surface area contributed by atoms with Gasteiger partial charge in [0, 0.05) is 19.1 Å². The molecule has 0 amide bonds. The highest BCUT2D eigenvalue weighted by atomic mass is 15.2. The Balaban J connectivity index is 1.50. The summed E-state index contributed by atoms with van der Waals surface area (Å²) < 4.78 is 0. The van der Waals surface area contributed by atoms with Crippen LogP contribution in [0.15, 0.2) is 0 Å². The van der Waals surface area contributed by atoms with E-state index >= 15 is 0 Å². The number of rotatable bonds is 1. The van der Waals surface area contributed by atoms with Gasteiger partial charge in [0.1, 0.15) is 0 Å². The molecule has 3 aliphatic heterocycles. The van der Waals surface area contributed by atoms with Crippen molar-refractivity contribution in [3.63, 3.8) is 0 Å². The first kappa shape index (κ1) is 11.0. The van der Waals surface area contributed by atoms with Crippen molar-refractivity contribution in [3.8, 4) is 0 Å². The number of nitrogens with zero attached hydrogens (tertiary/aromatic N) is 2. The van der Waals surface area contributed by atoms with Gasteiger partial charge in [-0.2, -0.15) is 0 Å². The van der Waals surface area contributed by atoms with Gasteiger partial charge in [0.25, 0.3) is 0 Å². The molecule has 0 saturated carbocycles.